The number of hydrogen-bond acceptors (Lipinski definition) is 4. The fourth-order valence-corrected chi connectivity index (χ4v) is 2.67. The smallest absolute Gasteiger partial charge is 0.351 e. The molecule has 0 saturated heterocycles. The summed E-state index contributed by atoms with van der Waals surface area (Å²) in [5.41, 5.74) is -1.02. The summed E-state index contributed by atoms with van der Waals surface area (Å²) >= 11 is 0. The highest BCUT2D eigenvalue weighted by Gasteiger charge is 2.34. The molecule has 2 N–H and O–H groups in total. The van der Waals surface area contributed by atoms with Crippen molar-refractivity contribution in [2.24, 2.45) is 0 Å². The van der Waals surface area contributed by atoms with Gasteiger partial charge in [-0.3, -0.25) is 0 Å². The number of rotatable bonds is 4. The number of hydrogen-bond donors (Lipinski definition) is 2. The zero-order chi connectivity index (χ0) is 17.2. The van der Waals surface area contributed by atoms with Crippen molar-refractivity contribution >= 4 is 17.5 Å². The molecule has 1 heterocycles. The van der Waals surface area contributed by atoms with E-state index >= 15 is 0 Å². The summed E-state index contributed by atoms with van der Waals surface area (Å²) in [7, 11) is 0. The van der Waals surface area contributed by atoms with Crippen molar-refractivity contribution < 1.29 is 17.6 Å². The van der Waals surface area contributed by atoms with Gasteiger partial charge in [0.2, 0.25) is 5.95 Å². The van der Waals surface area contributed by atoms with Crippen molar-refractivity contribution in [1.29, 1.82) is 0 Å². The molecular formula is C16H16F4N4. The van der Waals surface area contributed by atoms with Crippen molar-refractivity contribution in [3.05, 3.63) is 41.8 Å². The van der Waals surface area contributed by atoms with Crippen molar-refractivity contribution in [3.8, 4) is 0 Å². The summed E-state index contributed by atoms with van der Waals surface area (Å²) in [6.07, 6.45) is -0.819. The number of halogens is 4. The number of nitrogens with one attached hydrogen (secondary N) is 2. The number of alkyl halides is 3. The Hall–Kier alpha value is -2.38. The molecule has 1 aromatic heterocycles. The maximum atomic E-state index is 13.7. The molecule has 0 amide bonds. The van der Waals surface area contributed by atoms with Gasteiger partial charge in [-0.2, -0.15) is 18.2 Å². The average Bonchev–Trinajstić information content (AvgIpc) is 3.01. The van der Waals surface area contributed by atoms with Gasteiger partial charge in [0.1, 0.15) is 11.6 Å². The average molecular weight is 340 g/mol. The van der Waals surface area contributed by atoms with Crippen LogP contribution in [0.5, 0.6) is 0 Å². The van der Waals surface area contributed by atoms with Crippen LogP contribution in [0.1, 0.15) is 31.4 Å². The summed E-state index contributed by atoms with van der Waals surface area (Å²) < 4.78 is 52.9. The molecule has 0 spiro atoms. The zero-order valence-electron chi connectivity index (χ0n) is 12.7. The molecule has 8 heteroatoms. The van der Waals surface area contributed by atoms with Crippen LogP contribution >= 0.6 is 0 Å². The Morgan fingerprint density at radius 1 is 1.04 bits per heavy atom. The largest absolute Gasteiger partial charge is 0.433 e. The number of anilines is 3. The summed E-state index contributed by atoms with van der Waals surface area (Å²) in [5, 5.41) is 5.52. The Morgan fingerprint density at radius 2 is 1.75 bits per heavy atom. The molecule has 0 atom stereocenters. The molecule has 2 aromatic rings. The van der Waals surface area contributed by atoms with Gasteiger partial charge in [-0.1, -0.05) is 25.0 Å². The minimum Gasteiger partial charge on any atom is -0.351 e. The quantitative estimate of drug-likeness (QED) is 0.790. The molecule has 0 radical (unpaired) electrons. The van der Waals surface area contributed by atoms with Crippen LogP contribution in [0.3, 0.4) is 0 Å². The van der Waals surface area contributed by atoms with Crippen molar-refractivity contribution in [3.63, 3.8) is 0 Å². The van der Waals surface area contributed by atoms with Gasteiger partial charge in [0.05, 0.1) is 5.69 Å². The molecule has 1 aliphatic rings. The lowest BCUT2D eigenvalue weighted by molar-refractivity contribution is -0.141. The van der Waals surface area contributed by atoms with Crippen LogP contribution in [0.2, 0.25) is 0 Å². The monoisotopic (exact) mass is 340 g/mol. The number of para-hydroxylation sites is 1. The molecule has 1 aromatic carbocycles. The highest BCUT2D eigenvalue weighted by Crippen LogP contribution is 2.31. The van der Waals surface area contributed by atoms with E-state index in [2.05, 4.69) is 20.6 Å². The van der Waals surface area contributed by atoms with Crippen LogP contribution in [0.15, 0.2) is 30.3 Å². The Morgan fingerprint density at radius 3 is 2.42 bits per heavy atom. The molecule has 1 saturated carbocycles. The van der Waals surface area contributed by atoms with Crippen molar-refractivity contribution in [2.75, 3.05) is 10.6 Å². The normalized spacial score (nSPS) is 15.5. The van der Waals surface area contributed by atoms with Crippen LogP contribution in [-0.2, 0) is 6.18 Å². The van der Waals surface area contributed by atoms with E-state index in [1.54, 1.807) is 6.07 Å². The first-order valence-corrected chi connectivity index (χ1v) is 7.66. The Labute approximate surface area is 136 Å². The van der Waals surface area contributed by atoms with Gasteiger partial charge in [0, 0.05) is 12.1 Å². The van der Waals surface area contributed by atoms with E-state index in [1.165, 1.54) is 18.2 Å². The predicted molar refractivity (Wildman–Crippen MR) is 82.6 cm³/mol. The lowest BCUT2D eigenvalue weighted by atomic mass is 10.2. The SMILES string of the molecule is Fc1ccccc1Nc1cc(C(F)(F)F)nc(NC2CCCC2)n1. The molecule has 0 unspecified atom stereocenters. The molecule has 1 aliphatic carbocycles. The Bertz CT molecular complexity index is 711. The third-order valence-corrected chi connectivity index (χ3v) is 3.84. The van der Waals surface area contributed by atoms with Crippen LogP contribution < -0.4 is 10.6 Å². The van der Waals surface area contributed by atoms with E-state index in [9.17, 15) is 17.6 Å². The maximum Gasteiger partial charge on any atom is 0.433 e. The highest BCUT2D eigenvalue weighted by molar-refractivity contribution is 5.58. The molecule has 3 rings (SSSR count). The van der Waals surface area contributed by atoms with Crippen LogP contribution in [0, 0.1) is 5.82 Å². The second kappa shape index (κ2) is 6.62. The zero-order valence-corrected chi connectivity index (χ0v) is 12.7. The van der Waals surface area contributed by atoms with Gasteiger partial charge >= 0.3 is 6.18 Å². The van der Waals surface area contributed by atoms with E-state index in [1.807, 2.05) is 0 Å². The van der Waals surface area contributed by atoms with Crippen LogP contribution in [-0.4, -0.2) is 16.0 Å². The molecule has 0 bridgehead atoms. The first-order valence-electron chi connectivity index (χ1n) is 7.66. The van der Waals surface area contributed by atoms with E-state index < -0.39 is 17.7 Å². The summed E-state index contributed by atoms with van der Waals surface area (Å²) in [6.45, 7) is 0. The molecule has 128 valence electrons. The topological polar surface area (TPSA) is 49.8 Å². The van der Waals surface area contributed by atoms with Gasteiger partial charge in [-0.25, -0.2) is 9.37 Å². The predicted octanol–water partition coefficient (Wildman–Crippen LogP) is 4.73. The summed E-state index contributed by atoms with van der Waals surface area (Å²) in [4.78, 5) is 7.60. The Balaban J connectivity index is 1.90. The first-order chi connectivity index (χ1) is 11.4. The van der Waals surface area contributed by atoms with Gasteiger partial charge in [0.15, 0.2) is 5.69 Å². The van der Waals surface area contributed by atoms with Gasteiger partial charge in [-0.15, -0.1) is 0 Å². The fourth-order valence-electron chi connectivity index (χ4n) is 2.67. The van der Waals surface area contributed by atoms with Crippen LogP contribution in [0.4, 0.5) is 35.0 Å². The van der Waals surface area contributed by atoms with Crippen molar-refractivity contribution in [2.45, 2.75) is 37.9 Å². The van der Waals surface area contributed by atoms with Gasteiger partial charge < -0.3 is 10.6 Å². The number of nitrogens with zero attached hydrogens (tertiary/aromatic N) is 2. The lowest BCUT2D eigenvalue weighted by Gasteiger charge is -2.16. The number of aromatic nitrogens is 2. The first kappa shape index (κ1) is 16.5. The summed E-state index contributed by atoms with van der Waals surface area (Å²) in [5.74, 6) is -0.784. The van der Waals surface area contributed by atoms with E-state index in [0.717, 1.165) is 31.7 Å². The molecule has 0 aliphatic heterocycles. The third kappa shape index (κ3) is 3.93. The lowest BCUT2D eigenvalue weighted by Crippen LogP contribution is -2.19. The minimum atomic E-state index is -4.61. The second-order valence-electron chi connectivity index (χ2n) is 5.69. The standard InChI is InChI=1S/C16H16F4N4/c17-11-7-3-4-8-12(11)22-14-9-13(16(18,19)20)23-15(24-14)21-10-5-1-2-6-10/h3-4,7-10H,1-2,5-6H2,(H2,21,22,23,24). The van der Waals surface area contributed by atoms with Crippen molar-refractivity contribution in [1.82, 2.24) is 9.97 Å². The van der Waals surface area contributed by atoms with Gasteiger partial charge in [-0.05, 0) is 25.0 Å². The molecule has 4 nitrogen and oxygen atoms in total. The molecular weight excluding hydrogens is 324 g/mol. The number of benzene rings is 1. The summed E-state index contributed by atoms with van der Waals surface area (Å²) in [6, 6.07) is 6.55. The fraction of sp³-hybridized carbons (Fsp3) is 0.375. The Kier molecular flexibility index (Phi) is 4.55. The molecule has 1 fully saturated rings. The second-order valence-corrected chi connectivity index (χ2v) is 5.69. The van der Waals surface area contributed by atoms with Gasteiger partial charge in [0.25, 0.3) is 0 Å². The highest BCUT2D eigenvalue weighted by atomic mass is 19.4. The minimum absolute atomic E-state index is 0.0520. The molecule has 24 heavy (non-hydrogen) atoms. The van der Waals surface area contributed by atoms with E-state index in [0.29, 0.717) is 0 Å². The maximum absolute atomic E-state index is 13.7. The van der Waals surface area contributed by atoms with E-state index in [-0.39, 0.29) is 23.5 Å². The van der Waals surface area contributed by atoms with Crippen LogP contribution in [0.25, 0.3) is 0 Å². The van der Waals surface area contributed by atoms with E-state index in [4.69, 9.17) is 0 Å². The third-order valence-electron chi connectivity index (χ3n) is 3.84.